The van der Waals surface area contributed by atoms with Crippen molar-refractivity contribution in [3.05, 3.63) is 54.1 Å². The van der Waals surface area contributed by atoms with E-state index in [1.165, 1.54) is 5.69 Å². The van der Waals surface area contributed by atoms with E-state index in [1.807, 2.05) is 35.2 Å². The average Bonchev–Trinajstić information content (AvgIpc) is 2.74. The van der Waals surface area contributed by atoms with E-state index in [0.29, 0.717) is 6.42 Å². The molecule has 0 bridgehead atoms. The molecule has 5 heteroatoms. The first-order valence-corrected chi connectivity index (χ1v) is 9.41. The molecule has 1 aliphatic heterocycles. The molecule has 5 nitrogen and oxygen atoms in total. The van der Waals surface area contributed by atoms with E-state index in [1.54, 1.807) is 14.2 Å². The Bertz CT molecular complexity index is 752. The number of hydrogen-bond donors (Lipinski definition) is 0. The first kappa shape index (κ1) is 19.1. The summed E-state index contributed by atoms with van der Waals surface area (Å²) in [5.41, 5.74) is 2.31. The highest BCUT2D eigenvalue weighted by Crippen LogP contribution is 2.25. The summed E-state index contributed by atoms with van der Waals surface area (Å²) >= 11 is 0. The van der Waals surface area contributed by atoms with Crippen molar-refractivity contribution in [2.45, 2.75) is 19.3 Å². The van der Waals surface area contributed by atoms with Crippen molar-refractivity contribution in [2.24, 2.45) is 0 Å². The lowest BCUT2D eigenvalue weighted by Gasteiger charge is -2.36. The van der Waals surface area contributed by atoms with Gasteiger partial charge in [-0.05, 0) is 47.9 Å². The number of methoxy groups -OCH3 is 2. The second-order valence-electron chi connectivity index (χ2n) is 6.95. The molecule has 27 heavy (non-hydrogen) atoms. The van der Waals surface area contributed by atoms with E-state index in [9.17, 15) is 4.79 Å². The minimum atomic E-state index is 0.173. The maximum absolute atomic E-state index is 12.7. The topological polar surface area (TPSA) is 42.0 Å². The molecule has 2 aromatic rings. The van der Waals surface area contributed by atoms with Crippen LogP contribution in [0, 0.1) is 0 Å². The van der Waals surface area contributed by atoms with Crippen molar-refractivity contribution < 1.29 is 14.3 Å². The van der Waals surface area contributed by atoms with Gasteiger partial charge >= 0.3 is 0 Å². The largest absolute Gasteiger partial charge is 0.497 e. The summed E-state index contributed by atoms with van der Waals surface area (Å²) in [4.78, 5) is 17.0. The number of piperazine rings is 1. The number of hydrogen-bond acceptors (Lipinski definition) is 4. The van der Waals surface area contributed by atoms with Crippen LogP contribution in [0.3, 0.4) is 0 Å². The van der Waals surface area contributed by atoms with Crippen molar-refractivity contribution in [3.63, 3.8) is 0 Å². The number of amides is 1. The fourth-order valence-corrected chi connectivity index (χ4v) is 3.46. The summed E-state index contributed by atoms with van der Waals surface area (Å²) in [6, 6.07) is 16.1. The molecule has 0 aromatic heterocycles. The van der Waals surface area contributed by atoms with Gasteiger partial charge in [-0.2, -0.15) is 0 Å². The first-order chi connectivity index (χ1) is 13.1. The molecule has 1 saturated heterocycles. The third kappa shape index (κ3) is 4.73. The Morgan fingerprint density at radius 3 is 2.26 bits per heavy atom. The molecule has 0 aliphatic carbocycles. The number of ether oxygens (including phenoxy) is 2. The molecular weight excluding hydrogens is 340 g/mol. The minimum Gasteiger partial charge on any atom is -0.497 e. The quantitative estimate of drug-likeness (QED) is 0.782. The zero-order valence-electron chi connectivity index (χ0n) is 16.4. The molecule has 2 aromatic carbocycles. The molecule has 0 saturated carbocycles. The number of benzene rings is 2. The third-order valence-corrected chi connectivity index (χ3v) is 5.21. The van der Waals surface area contributed by atoms with Crippen molar-refractivity contribution >= 4 is 11.6 Å². The van der Waals surface area contributed by atoms with E-state index in [2.05, 4.69) is 30.0 Å². The summed E-state index contributed by atoms with van der Waals surface area (Å²) in [5, 5.41) is 0. The molecule has 1 unspecified atom stereocenters. The van der Waals surface area contributed by atoms with Gasteiger partial charge in [0.1, 0.15) is 11.5 Å². The SMILES string of the molecule is COc1ccc(N2CCN(C(=O)CC(C)c3cccc(OC)c3)CC2)cc1. The molecule has 0 N–H and O–H groups in total. The lowest BCUT2D eigenvalue weighted by atomic mass is 9.97. The fourth-order valence-electron chi connectivity index (χ4n) is 3.46. The van der Waals surface area contributed by atoms with Crippen LogP contribution in [0.1, 0.15) is 24.8 Å². The number of rotatable bonds is 6. The predicted molar refractivity (Wildman–Crippen MR) is 108 cm³/mol. The van der Waals surface area contributed by atoms with Gasteiger partial charge in [-0.1, -0.05) is 19.1 Å². The normalized spacial score (nSPS) is 15.4. The van der Waals surface area contributed by atoms with Crippen molar-refractivity contribution in [3.8, 4) is 11.5 Å². The molecule has 1 heterocycles. The lowest BCUT2D eigenvalue weighted by Crippen LogP contribution is -2.49. The Kier molecular flexibility index (Phi) is 6.22. The van der Waals surface area contributed by atoms with E-state index in [4.69, 9.17) is 9.47 Å². The highest BCUT2D eigenvalue weighted by molar-refractivity contribution is 5.77. The van der Waals surface area contributed by atoms with Crippen LogP contribution in [-0.2, 0) is 4.79 Å². The highest BCUT2D eigenvalue weighted by atomic mass is 16.5. The maximum Gasteiger partial charge on any atom is 0.223 e. The average molecular weight is 368 g/mol. The minimum absolute atomic E-state index is 0.173. The van der Waals surface area contributed by atoms with Crippen molar-refractivity contribution in [1.29, 1.82) is 0 Å². The number of nitrogens with zero attached hydrogens (tertiary/aromatic N) is 2. The number of anilines is 1. The van der Waals surface area contributed by atoms with Gasteiger partial charge in [0.15, 0.2) is 0 Å². The van der Waals surface area contributed by atoms with Crippen LogP contribution in [-0.4, -0.2) is 51.2 Å². The van der Waals surface area contributed by atoms with Crippen LogP contribution in [0.5, 0.6) is 11.5 Å². The van der Waals surface area contributed by atoms with Crippen molar-refractivity contribution in [1.82, 2.24) is 4.90 Å². The summed E-state index contributed by atoms with van der Waals surface area (Å²) < 4.78 is 10.5. The molecule has 1 fully saturated rings. The molecule has 144 valence electrons. The van der Waals surface area contributed by atoms with Gasteiger partial charge in [0.2, 0.25) is 5.91 Å². The Labute approximate surface area is 161 Å². The van der Waals surface area contributed by atoms with Crippen LogP contribution in [0.15, 0.2) is 48.5 Å². The van der Waals surface area contributed by atoms with Gasteiger partial charge in [-0.3, -0.25) is 4.79 Å². The molecular formula is C22H28N2O3. The van der Waals surface area contributed by atoms with Gasteiger partial charge in [0.05, 0.1) is 14.2 Å². The van der Waals surface area contributed by atoms with Gasteiger partial charge < -0.3 is 19.3 Å². The zero-order valence-corrected chi connectivity index (χ0v) is 16.4. The Morgan fingerprint density at radius 1 is 0.963 bits per heavy atom. The predicted octanol–water partition coefficient (Wildman–Crippen LogP) is 3.55. The molecule has 3 rings (SSSR count). The monoisotopic (exact) mass is 368 g/mol. The smallest absolute Gasteiger partial charge is 0.223 e. The Hall–Kier alpha value is -2.69. The van der Waals surface area contributed by atoms with Gasteiger partial charge in [-0.25, -0.2) is 0 Å². The molecule has 0 spiro atoms. The second-order valence-corrected chi connectivity index (χ2v) is 6.95. The van der Waals surface area contributed by atoms with Crippen LogP contribution < -0.4 is 14.4 Å². The summed E-state index contributed by atoms with van der Waals surface area (Å²) in [7, 11) is 3.34. The number of carbonyl (C=O) groups is 1. The van der Waals surface area contributed by atoms with Gasteiger partial charge in [-0.15, -0.1) is 0 Å². The number of carbonyl (C=O) groups excluding carboxylic acids is 1. The standard InChI is InChI=1S/C22H28N2O3/c1-17(18-5-4-6-21(16-18)27-3)15-22(25)24-13-11-23(12-14-24)19-7-9-20(26-2)10-8-19/h4-10,16-17H,11-15H2,1-3H3. The van der Waals surface area contributed by atoms with Crippen LogP contribution in [0.25, 0.3) is 0 Å². The first-order valence-electron chi connectivity index (χ1n) is 9.41. The lowest BCUT2D eigenvalue weighted by molar-refractivity contribution is -0.131. The van der Waals surface area contributed by atoms with Gasteiger partial charge in [0, 0.05) is 38.3 Å². The van der Waals surface area contributed by atoms with Gasteiger partial charge in [0.25, 0.3) is 0 Å². The van der Waals surface area contributed by atoms with Crippen molar-refractivity contribution in [2.75, 3.05) is 45.3 Å². The summed E-state index contributed by atoms with van der Waals surface area (Å²) in [6.45, 7) is 5.32. The molecule has 1 amide bonds. The molecule has 1 aliphatic rings. The second kappa shape index (κ2) is 8.80. The van der Waals surface area contributed by atoms with E-state index in [-0.39, 0.29) is 11.8 Å². The Balaban J connectivity index is 1.53. The van der Waals surface area contributed by atoms with E-state index >= 15 is 0 Å². The zero-order chi connectivity index (χ0) is 19.2. The van der Waals surface area contributed by atoms with Crippen LogP contribution in [0.4, 0.5) is 5.69 Å². The van der Waals surface area contributed by atoms with Crippen LogP contribution >= 0.6 is 0 Å². The summed E-state index contributed by atoms with van der Waals surface area (Å²) in [5.74, 6) is 2.09. The fraction of sp³-hybridized carbons (Fsp3) is 0.409. The third-order valence-electron chi connectivity index (χ3n) is 5.21. The molecule has 0 radical (unpaired) electrons. The highest BCUT2D eigenvalue weighted by Gasteiger charge is 2.23. The van der Waals surface area contributed by atoms with E-state index in [0.717, 1.165) is 43.2 Å². The summed E-state index contributed by atoms with van der Waals surface area (Å²) in [6.07, 6.45) is 0.524. The van der Waals surface area contributed by atoms with Crippen LogP contribution in [0.2, 0.25) is 0 Å². The Morgan fingerprint density at radius 2 is 1.63 bits per heavy atom. The molecule has 1 atom stereocenters. The van der Waals surface area contributed by atoms with E-state index < -0.39 is 0 Å². The maximum atomic E-state index is 12.7.